The van der Waals surface area contributed by atoms with E-state index in [9.17, 15) is 0 Å². The number of hydrogen-bond donors (Lipinski definition) is 1. The highest BCUT2D eigenvalue weighted by molar-refractivity contribution is 5.28. The molecule has 4 nitrogen and oxygen atoms in total. The first-order valence-corrected chi connectivity index (χ1v) is 8.41. The SMILES string of the molecule is CCn1nc(C)c(CNC(C)c2ccc(C3CCC3)cc2)n1. The van der Waals surface area contributed by atoms with Gasteiger partial charge < -0.3 is 5.32 Å². The zero-order valence-electron chi connectivity index (χ0n) is 13.8. The Morgan fingerprint density at radius 2 is 1.95 bits per heavy atom. The van der Waals surface area contributed by atoms with Crippen molar-refractivity contribution in [3.05, 3.63) is 46.8 Å². The lowest BCUT2D eigenvalue weighted by molar-refractivity contribution is 0.419. The summed E-state index contributed by atoms with van der Waals surface area (Å²) in [5.41, 5.74) is 4.90. The fraction of sp³-hybridized carbons (Fsp3) is 0.556. The zero-order chi connectivity index (χ0) is 15.5. The second kappa shape index (κ2) is 6.61. The first-order chi connectivity index (χ1) is 10.7. The van der Waals surface area contributed by atoms with Crippen molar-refractivity contribution in [2.24, 2.45) is 0 Å². The van der Waals surface area contributed by atoms with Gasteiger partial charge in [-0.05, 0) is 50.7 Å². The standard InChI is InChI=1S/C18H26N4/c1-4-22-20-14(3)18(21-22)12-19-13(2)15-8-10-17(11-9-15)16-6-5-7-16/h8-11,13,16,19H,4-7,12H2,1-3H3. The van der Waals surface area contributed by atoms with Gasteiger partial charge in [-0.1, -0.05) is 30.7 Å². The van der Waals surface area contributed by atoms with Gasteiger partial charge in [-0.3, -0.25) is 0 Å². The molecule has 0 amide bonds. The van der Waals surface area contributed by atoms with Crippen LogP contribution in [0.5, 0.6) is 0 Å². The molecule has 0 aliphatic heterocycles. The van der Waals surface area contributed by atoms with Gasteiger partial charge >= 0.3 is 0 Å². The van der Waals surface area contributed by atoms with Crippen LogP contribution in [0.25, 0.3) is 0 Å². The molecule has 1 atom stereocenters. The minimum atomic E-state index is 0.321. The fourth-order valence-electron chi connectivity index (χ4n) is 2.94. The molecule has 1 fully saturated rings. The monoisotopic (exact) mass is 298 g/mol. The zero-order valence-corrected chi connectivity index (χ0v) is 13.8. The lowest BCUT2D eigenvalue weighted by Crippen LogP contribution is -2.19. The quantitative estimate of drug-likeness (QED) is 0.883. The van der Waals surface area contributed by atoms with E-state index < -0.39 is 0 Å². The smallest absolute Gasteiger partial charge is 0.0994 e. The van der Waals surface area contributed by atoms with Gasteiger partial charge in [-0.25, -0.2) is 0 Å². The van der Waals surface area contributed by atoms with Gasteiger partial charge in [-0.2, -0.15) is 15.0 Å². The summed E-state index contributed by atoms with van der Waals surface area (Å²) in [6.45, 7) is 7.87. The van der Waals surface area contributed by atoms with Gasteiger partial charge in [0, 0.05) is 12.6 Å². The van der Waals surface area contributed by atoms with E-state index in [2.05, 4.69) is 53.6 Å². The van der Waals surface area contributed by atoms with Crippen LogP contribution >= 0.6 is 0 Å². The number of hydrogen-bond acceptors (Lipinski definition) is 3. The Kier molecular flexibility index (Phi) is 4.57. The van der Waals surface area contributed by atoms with Crippen LogP contribution in [0, 0.1) is 6.92 Å². The Morgan fingerprint density at radius 1 is 1.23 bits per heavy atom. The van der Waals surface area contributed by atoms with E-state index in [0.29, 0.717) is 6.04 Å². The van der Waals surface area contributed by atoms with Crippen molar-refractivity contribution in [2.45, 2.75) is 65.1 Å². The van der Waals surface area contributed by atoms with Gasteiger partial charge in [0.2, 0.25) is 0 Å². The maximum absolute atomic E-state index is 4.49. The summed E-state index contributed by atoms with van der Waals surface area (Å²) in [5, 5.41) is 12.4. The van der Waals surface area contributed by atoms with Crippen LogP contribution in [0.4, 0.5) is 0 Å². The fourth-order valence-corrected chi connectivity index (χ4v) is 2.94. The molecule has 1 aromatic heterocycles. The molecule has 4 heteroatoms. The minimum absolute atomic E-state index is 0.321. The van der Waals surface area contributed by atoms with Crippen molar-refractivity contribution < 1.29 is 0 Å². The van der Waals surface area contributed by atoms with E-state index in [1.54, 1.807) is 4.80 Å². The second-order valence-electron chi connectivity index (χ2n) is 6.32. The molecule has 0 radical (unpaired) electrons. The predicted octanol–water partition coefficient (Wildman–Crippen LogP) is 3.72. The molecule has 22 heavy (non-hydrogen) atoms. The molecule has 1 heterocycles. The van der Waals surface area contributed by atoms with Gasteiger partial charge in [0.1, 0.15) is 0 Å². The van der Waals surface area contributed by atoms with E-state index >= 15 is 0 Å². The van der Waals surface area contributed by atoms with Crippen molar-refractivity contribution in [3.63, 3.8) is 0 Å². The summed E-state index contributed by atoms with van der Waals surface area (Å²) in [6.07, 6.45) is 4.11. The maximum atomic E-state index is 4.49. The van der Waals surface area contributed by atoms with Crippen molar-refractivity contribution >= 4 is 0 Å². The molecule has 2 aromatic rings. The van der Waals surface area contributed by atoms with E-state index in [-0.39, 0.29) is 0 Å². The Hall–Kier alpha value is -1.68. The van der Waals surface area contributed by atoms with E-state index in [1.165, 1.54) is 30.4 Å². The van der Waals surface area contributed by atoms with Crippen LogP contribution in [0.3, 0.4) is 0 Å². The van der Waals surface area contributed by atoms with E-state index in [1.807, 2.05) is 6.92 Å². The van der Waals surface area contributed by atoms with Crippen molar-refractivity contribution in [1.29, 1.82) is 0 Å². The second-order valence-corrected chi connectivity index (χ2v) is 6.32. The summed E-state index contributed by atoms with van der Waals surface area (Å²) in [5.74, 6) is 0.809. The normalized spacial score (nSPS) is 16.5. The predicted molar refractivity (Wildman–Crippen MR) is 88.7 cm³/mol. The highest BCUT2D eigenvalue weighted by Crippen LogP contribution is 2.36. The van der Waals surface area contributed by atoms with Gasteiger partial charge in [-0.15, -0.1) is 0 Å². The molecule has 1 aliphatic carbocycles. The number of aromatic nitrogens is 3. The molecule has 1 saturated carbocycles. The first kappa shape index (κ1) is 15.2. The number of rotatable bonds is 6. The van der Waals surface area contributed by atoms with Gasteiger partial charge in [0.25, 0.3) is 0 Å². The molecular formula is C18H26N4. The molecule has 0 spiro atoms. The van der Waals surface area contributed by atoms with E-state index in [0.717, 1.165) is 30.4 Å². The molecule has 118 valence electrons. The van der Waals surface area contributed by atoms with Crippen LogP contribution in [0.2, 0.25) is 0 Å². The molecule has 0 saturated heterocycles. The summed E-state index contributed by atoms with van der Waals surface area (Å²) in [7, 11) is 0. The van der Waals surface area contributed by atoms with Crippen molar-refractivity contribution in [3.8, 4) is 0 Å². The average molecular weight is 298 g/mol. The summed E-state index contributed by atoms with van der Waals surface area (Å²) in [4.78, 5) is 1.75. The van der Waals surface area contributed by atoms with Gasteiger partial charge in [0.05, 0.1) is 17.9 Å². The Bertz CT molecular complexity index is 611. The largest absolute Gasteiger partial charge is 0.304 e. The highest BCUT2D eigenvalue weighted by atomic mass is 15.5. The van der Waals surface area contributed by atoms with Gasteiger partial charge in [0.15, 0.2) is 0 Å². The number of benzene rings is 1. The summed E-state index contributed by atoms with van der Waals surface area (Å²) >= 11 is 0. The topological polar surface area (TPSA) is 42.7 Å². The number of nitrogens with zero attached hydrogens (tertiary/aromatic N) is 3. The molecule has 1 N–H and O–H groups in total. The summed E-state index contributed by atoms with van der Waals surface area (Å²) in [6, 6.07) is 9.45. The maximum Gasteiger partial charge on any atom is 0.0994 e. The molecule has 1 aromatic carbocycles. The molecule has 1 aliphatic rings. The van der Waals surface area contributed by atoms with E-state index in [4.69, 9.17) is 0 Å². The molecule has 3 rings (SSSR count). The average Bonchev–Trinajstić information content (AvgIpc) is 2.84. The van der Waals surface area contributed by atoms with Crippen LogP contribution in [-0.4, -0.2) is 15.0 Å². The number of aryl methyl sites for hydroxylation is 2. The molecule has 1 unspecified atom stereocenters. The minimum Gasteiger partial charge on any atom is -0.304 e. The van der Waals surface area contributed by atoms with Crippen LogP contribution in [0.1, 0.15) is 67.6 Å². The Labute approximate surface area is 132 Å². The van der Waals surface area contributed by atoms with Crippen LogP contribution < -0.4 is 5.32 Å². The Balaban J connectivity index is 1.58. The van der Waals surface area contributed by atoms with Crippen LogP contribution in [-0.2, 0) is 13.1 Å². The third kappa shape index (κ3) is 3.22. The van der Waals surface area contributed by atoms with Crippen molar-refractivity contribution in [2.75, 3.05) is 0 Å². The number of nitrogens with one attached hydrogen (secondary N) is 1. The highest BCUT2D eigenvalue weighted by Gasteiger charge is 2.19. The third-order valence-electron chi connectivity index (χ3n) is 4.79. The lowest BCUT2D eigenvalue weighted by Gasteiger charge is -2.26. The molecular weight excluding hydrogens is 272 g/mol. The molecule has 0 bridgehead atoms. The lowest BCUT2D eigenvalue weighted by atomic mass is 9.80. The van der Waals surface area contributed by atoms with Crippen molar-refractivity contribution in [1.82, 2.24) is 20.3 Å². The summed E-state index contributed by atoms with van der Waals surface area (Å²) < 4.78 is 0. The first-order valence-electron chi connectivity index (χ1n) is 8.41. The Morgan fingerprint density at radius 3 is 2.50 bits per heavy atom. The third-order valence-corrected chi connectivity index (χ3v) is 4.79. The van der Waals surface area contributed by atoms with Crippen LogP contribution in [0.15, 0.2) is 24.3 Å².